The van der Waals surface area contributed by atoms with Crippen molar-refractivity contribution in [3.63, 3.8) is 0 Å². The van der Waals surface area contributed by atoms with Crippen molar-refractivity contribution in [2.75, 3.05) is 0 Å². The molecule has 1 rings (SSSR count). The van der Waals surface area contributed by atoms with Crippen LogP contribution >= 0.6 is 0 Å². The molecule has 0 spiro atoms. The minimum atomic E-state index is -0.444. The van der Waals surface area contributed by atoms with Gasteiger partial charge in [-0.3, -0.25) is 10.1 Å². The summed E-state index contributed by atoms with van der Waals surface area (Å²) in [5, 5.41) is 11.0. The fourth-order valence-corrected chi connectivity index (χ4v) is 1.58. The van der Waals surface area contributed by atoms with Crippen LogP contribution in [-0.4, -0.2) is 4.92 Å². The lowest BCUT2D eigenvalue weighted by Crippen LogP contribution is -2.20. The van der Waals surface area contributed by atoms with Crippen molar-refractivity contribution >= 4 is 0 Å². The fraction of sp³-hybridized carbons (Fsp3) is 0.385. The van der Waals surface area contributed by atoms with Gasteiger partial charge in [0.25, 0.3) is 5.70 Å². The van der Waals surface area contributed by atoms with Gasteiger partial charge in [-0.05, 0) is 32.8 Å². The van der Waals surface area contributed by atoms with Crippen LogP contribution in [0.5, 0.6) is 0 Å². The average Bonchev–Trinajstić information content (AvgIpc) is 2.18. The highest BCUT2D eigenvalue weighted by Crippen LogP contribution is 2.32. The molecule has 0 saturated heterocycles. The minimum absolute atomic E-state index is 0.265. The van der Waals surface area contributed by atoms with E-state index in [1.165, 1.54) is 0 Å². The van der Waals surface area contributed by atoms with E-state index in [2.05, 4.69) is 0 Å². The Kier molecular flexibility index (Phi) is 3.82. The van der Waals surface area contributed by atoms with Crippen molar-refractivity contribution in [2.45, 2.75) is 27.2 Å². The van der Waals surface area contributed by atoms with E-state index < -0.39 is 5.41 Å². The van der Waals surface area contributed by atoms with Crippen molar-refractivity contribution < 1.29 is 4.92 Å². The molecule has 0 unspecified atom stereocenters. The van der Waals surface area contributed by atoms with Crippen molar-refractivity contribution in [3.8, 4) is 0 Å². The minimum Gasteiger partial charge on any atom is -0.259 e. The molecule has 0 saturated carbocycles. The molecule has 0 atom stereocenters. The molecule has 1 aliphatic carbocycles. The molecule has 0 aromatic heterocycles. The summed E-state index contributed by atoms with van der Waals surface area (Å²) in [6, 6.07) is 0. The quantitative estimate of drug-likeness (QED) is 0.499. The third-order valence-electron chi connectivity index (χ3n) is 2.60. The van der Waals surface area contributed by atoms with Crippen LogP contribution in [-0.2, 0) is 0 Å². The summed E-state index contributed by atoms with van der Waals surface area (Å²) < 4.78 is 0. The second-order valence-electron chi connectivity index (χ2n) is 4.60. The molecule has 0 aromatic rings. The van der Waals surface area contributed by atoms with Gasteiger partial charge in [0, 0.05) is 6.08 Å². The first-order chi connectivity index (χ1) is 7.43. The molecule has 16 heavy (non-hydrogen) atoms. The molecular weight excluding hydrogens is 202 g/mol. The molecule has 86 valence electrons. The van der Waals surface area contributed by atoms with Gasteiger partial charge in [0.05, 0.1) is 10.3 Å². The molecule has 0 fully saturated rings. The van der Waals surface area contributed by atoms with Crippen LogP contribution in [0.4, 0.5) is 0 Å². The Morgan fingerprint density at radius 2 is 2.00 bits per heavy atom. The molecule has 0 N–H and O–H groups in total. The van der Waals surface area contributed by atoms with Crippen LogP contribution in [0.1, 0.15) is 27.2 Å². The predicted octanol–water partition coefficient (Wildman–Crippen LogP) is 3.64. The number of rotatable bonds is 1. The Morgan fingerprint density at radius 3 is 2.62 bits per heavy atom. The van der Waals surface area contributed by atoms with Crippen LogP contribution in [0.2, 0.25) is 0 Å². The third kappa shape index (κ3) is 3.19. The standard InChI is InChI=1S/C13H17NO2/c1-11-8-6-4-5-7-9-13(2,3)12(10-11)14(15)16/h4-8,10H,9H2,1-3H3/b6-4-,7-5+,11-8?,12-10?. The maximum Gasteiger partial charge on any atom is 0.252 e. The van der Waals surface area contributed by atoms with Gasteiger partial charge in [0.2, 0.25) is 0 Å². The number of allylic oxidation sites excluding steroid dienone is 8. The molecular formula is C13H17NO2. The lowest BCUT2D eigenvalue weighted by molar-refractivity contribution is -0.439. The monoisotopic (exact) mass is 219 g/mol. The SMILES string of the molecule is CC1=C/C=C\C=C\CC(C)(C)C([N+](=O)[O-])=C1. The van der Waals surface area contributed by atoms with E-state index in [-0.39, 0.29) is 10.6 Å². The maximum atomic E-state index is 11.0. The highest BCUT2D eigenvalue weighted by Gasteiger charge is 2.31. The van der Waals surface area contributed by atoms with E-state index in [0.29, 0.717) is 6.42 Å². The predicted molar refractivity (Wildman–Crippen MR) is 65.5 cm³/mol. The van der Waals surface area contributed by atoms with E-state index in [9.17, 15) is 10.1 Å². The summed E-state index contributed by atoms with van der Waals surface area (Å²) in [5.74, 6) is 0. The molecule has 0 aromatic carbocycles. The Labute approximate surface area is 96.0 Å². The molecule has 1 aliphatic rings. The van der Waals surface area contributed by atoms with Gasteiger partial charge in [0.15, 0.2) is 0 Å². The summed E-state index contributed by atoms with van der Waals surface area (Å²) in [4.78, 5) is 10.8. The summed E-state index contributed by atoms with van der Waals surface area (Å²) in [6.45, 7) is 5.66. The molecule has 0 amide bonds. The number of nitrogens with zero attached hydrogens (tertiary/aromatic N) is 1. The van der Waals surface area contributed by atoms with Gasteiger partial charge >= 0.3 is 0 Å². The molecule has 0 heterocycles. The first kappa shape index (κ1) is 12.4. The van der Waals surface area contributed by atoms with Crippen molar-refractivity contribution in [2.24, 2.45) is 5.41 Å². The summed E-state index contributed by atoms with van der Waals surface area (Å²) in [5.41, 5.74) is 0.716. The summed E-state index contributed by atoms with van der Waals surface area (Å²) in [7, 11) is 0. The Hall–Kier alpha value is -1.64. The second kappa shape index (κ2) is 4.92. The Balaban J connectivity index is 3.23. The maximum absolute atomic E-state index is 11.0. The fourth-order valence-electron chi connectivity index (χ4n) is 1.58. The Morgan fingerprint density at radius 1 is 1.31 bits per heavy atom. The summed E-state index contributed by atoms with van der Waals surface area (Å²) in [6.07, 6.45) is 11.9. The highest BCUT2D eigenvalue weighted by atomic mass is 16.6. The summed E-state index contributed by atoms with van der Waals surface area (Å²) >= 11 is 0. The zero-order chi connectivity index (χ0) is 12.2. The average molecular weight is 219 g/mol. The number of hydrogen-bond donors (Lipinski definition) is 0. The van der Waals surface area contributed by atoms with E-state index in [1.807, 2.05) is 51.2 Å². The zero-order valence-corrected chi connectivity index (χ0v) is 9.93. The topological polar surface area (TPSA) is 43.1 Å². The third-order valence-corrected chi connectivity index (χ3v) is 2.60. The first-order valence-electron chi connectivity index (χ1n) is 5.30. The molecule has 3 nitrogen and oxygen atoms in total. The Bertz CT molecular complexity index is 398. The van der Waals surface area contributed by atoms with Crippen LogP contribution < -0.4 is 0 Å². The van der Waals surface area contributed by atoms with Gasteiger partial charge in [-0.15, -0.1) is 0 Å². The van der Waals surface area contributed by atoms with E-state index in [0.717, 1.165) is 5.57 Å². The van der Waals surface area contributed by atoms with Crippen molar-refractivity contribution in [1.29, 1.82) is 0 Å². The van der Waals surface area contributed by atoms with E-state index >= 15 is 0 Å². The van der Waals surface area contributed by atoms with Gasteiger partial charge in [-0.2, -0.15) is 0 Å². The van der Waals surface area contributed by atoms with Gasteiger partial charge < -0.3 is 0 Å². The molecule has 0 radical (unpaired) electrons. The van der Waals surface area contributed by atoms with Crippen LogP contribution in [0.15, 0.2) is 47.7 Å². The van der Waals surface area contributed by atoms with Gasteiger partial charge in [-0.1, -0.05) is 30.4 Å². The van der Waals surface area contributed by atoms with Crippen molar-refractivity contribution in [1.82, 2.24) is 0 Å². The normalized spacial score (nSPS) is 23.9. The molecule has 0 bridgehead atoms. The van der Waals surface area contributed by atoms with Gasteiger partial charge in [-0.25, -0.2) is 0 Å². The van der Waals surface area contributed by atoms with Crippen LogP contribution in [0, 0.1) is 15.5 Å². The molecule has 3 heteroatoms. The second-order valence-corrected chi connectivity index (χ2v) is 4.60. The van der Waals surface area contributed by atoms with Crippen molar-refractivity contribution in [3.05, 3.63) is 57.8 Å². The number of nitro groups is 1. The van der Waals surface area contributed by atoms with Gasteiger partial charge in [0.1, 0.15) is 0 Å². The molecule has 0 aliphatic heterocycles. The lowest BCUT2D eigenvalue weighted by atomic mass is 9.84. The number of hydrogen-bond acceptors (Lipinski definition) is 2. The zero-order valence-electron chi connectivity index (χ0n) is 9.93. The highest BCUT2D eigenvalue weighted by molar-refractivity contribution is 5.28. The van der Waals surface area contributed by atoms with Crippen LogP contribution in [0.3, 0.4) is 0 Å². The smallest absolute Gasteiger partial charge is 0.252 e. The lowest BCUT2D eigenvalue weighted by Gasteiger charge is -2.19. The van der Waals surface area contributed by atoms with Crippen LogP contribution in [0.25, 0.3) is 0 Å². The van der Waals surface area contributed by atoms with E-state index in [4.69, 9.17) is 0 Å². The van der Waals surface area contributed by atoms with E-state index in [1.54, 1.807) is 6.08 Å². The first-order valence-corrected chi connectivity index (χ1v) is 5.30. The largest absolute Gasteiger partial charge is 0.259 e.